The molecule has 19 N–H and O–H groups in total. The summed E-state index contributed by atoms with van der Waals surface area (Å²) < 4.78 is 0. The van der Waals surface area contributed by atoms with Gasteiger partial charge in [0.05, 0.1) is 6.54 Å². The second-order valence-electron chi connectivity index (χ2n) is 18.6. The van der Waals surface area contributed by atoms with E-state index in [0.29, 0.717) is 51.6 Å². The number of rotatable bonds is 35. The van der Waals surface area contributed by atoms with Gasteiger partial charge in [0.1, 0.15) is 48.3 Å². The molecule has 0 spiro atoms. The van der Waals surface area contributed by atoms with E-state index in [-0.39, 0.29) is 76.0 Å². The quantitative estimate of drug-likeness (QED) is 0.0168. The summed E-state index contributed by atoms with van der Waals surface area (Å²) in [6, 6.07) is -9.90. The number of hydrogen-bond donors (Lipinski definition) is 14. The van der Waals surface area contributed by atoms with Crippen molar-refractivity contribution >= 4 is 65.2 Å². The Balaban J connectivity index is 3.36. The van der Waals surface area contributed by atoms with Gasteiger partial charge in [-0.05, 0) is 115 Å². The zero-order chi connectivity index (χ0) is 53.8. The molecule has 8 atom stereocenters. The van der Waals surface area contributed by atoms with Crippen molar-refractivity contribution in [2.45, 2.75) is 173 Å². The third-order valence-corrected chi connectivity index (χ3v) is 11.5. The topological polar surface area (TPSA) is 441 Å². The number of unbranched alkanes of at least 4 members (excludes halogenated alkanes) is 2. The van der Waals surface area contributed by atoms with Gasteiger partial charge in [0.25, 0.3) is 0 Å². The summed E-state index contributed by atoms with van der Waals surface area (Å²) in [7, 11) is 0. The largest absolute Gasteiger partial charge is 0.481 e. The van der Waals surface area contributed by atoms with Crippen molar-refractivity contribution in [2.75, 3.05) is 32.7 Å². The molecule has 1 heterocycles. The third-order valence-electron chi connectivity index (χ3n) is 11.5. The molecular formula is C45H82N14O12. The van der Waals surface area contributed by atoms with Crippen LogP contribution in [0.4, 0.5) is 0 Å². The maximum absolute atomic E-state index is 14.2. The second-order valence-corrected chi connectivity index (χ2v) is 18.6. The molecule has 1 saturated heterocycles. The summed E-state index contributed by atoms with van der Waals surface area (Å²) in [5.41, 5.74) is 27.6. The molecule has 1 aliphatic heterocycles. The van der Waals surface area contributed by atoms with Crippen LogP contribution in [0.5, 0.6) is 0 Å². The molecule has 71 heavy (non-hydrogen) atoms. The van der Waals surface area contributed by atoms with Gasteiger partial charge in [-0.1, -0.05) is 27.7 Å². The zero-order valence-electron chi connectivity index (χ0n) is 42.0. The molecular weight excluding hydrogens is 929 g/mol. The smallest absolute Gasteiger partial charge is 0.326 e. The average Bonchev–Trinajstić information content (AvgIpc) is 3.80. The number of aliphatic imine (C=N–C) groups is 1. The lowest BCUT2D eigenvalue weighted by molar-refractivity contribution is -0.143. The minimum atomic E-state index is -1.54. The number of carbonyl (C=O) groups excluding carboxylic acids is 8. The average molecular weight is 1010 g/mol. The third kappa shape index (κ3) is 24.5. The standard InChI is InChI=1S/C45H82N14O12/c1-25(2)22-32(41(67)54-29(13-7-9-19-47)38(64)55-30(16-17-36(61)62)40(66)56-31(44(70)71)14-10-20-51-45(49)50)58-42(68)33(23-26(3)4)57-39(65)28(12-6-8-18-46)53-37(63)27(5)52-43(69)34-15-11-21-59(34)35(60)24-48/h25-34H,6-24,46-48H2,1-5H3,(H,52,69)(H,53,63)(H,54,67)(H,55,64)(H,56,66)(H,57,65)(H,58,68)(H,61,62)(H,70,71)(H4,49,50,51)/t27-,28-,29-,30-,31-,32-,33-,34-/m0/s1. The molecule has 0 radical (unpaired) electrons. The predicted octanol–water partition coefficient (Wildman–Crippen LogP) is -3.30. The van der Waals surface area contributed by atoms with Gasteiger partial charge in [-0.15, -0.1) is 0 Å². The van der Waals surface area contributed by atoms with Gasteiger partial charge in [-0.3, -0.25) is 48.1 Å². The highest BCUT2D eigenvalue weighted by Crippen LogP contribution is 2.18. The summed E-state index contributed by atoms with van der Waals surface area (Å²) in [4.78, 5) is 137. The maximum Gasteiger partial charge on any atom is 0.326 e. The van der Waals surface area contributed by atoms with E-state index in [1.807, 2.05) is 13.8 Å². The molecule has 1 rings (SSSR count). The van der Waals surface area contributed by atoms with E-state index in [0.717, 1.165) is 0 Å². The van der Waals surface area contributed by atoms with E-state index < -0.39 is 120 Å². The minimum absolute atomic E-state index is 0.00547. The number of amides is 8. The molecule has 1 aliphatic rings. The van der Waals surface area contributed by atoms with Crippen LogP contribution in [-0.4, -0.2) is 161 Å². The first kappa shape index (κ1) is 62.9. The summed E-state index contributed by atoms with van der Waals surface area (Å²) in [5.74, 6) is -9.02. The SMILES string of the molecule is CC(C)C[C@H](NC(=O)[C@H](CCCCN)NC(=O)[C@H](C)NC(=O)[C@@H]1CCCN1C(=O)CN)C(=O)N[C@@H](CC(C)C)C(=O)N[C@@H](CCCCN)C(=O)N[C@@H](CCC(=O)O)C(=O)N[C@@H](CCCN=C(N)N)C(=O)O. The molecule has 0 aromatic carbocycles. The van der Waals surface area contributed by atoms with Crippen molar-refractivity contribution in [2.24, 2.45) is 45.5 Å². The fourth-order valence-corrected chi connectivity index (χ4v) is 7.72. The Morgan fingerprint density at radius 2 is 0.986 bits per heavy atom. The van der Waals surface area contributed by atoms with Crippen LogP contribution in [0.15, 0.2) is 4.99 Å². The number of nitrogens with zero attached hydrogens (tertiary/aromatic N) is 2. The summed E-state index contributed by atoms with van der Waals surface area (Å²) >= 11 is 0. The highest BCUT2D eigenvalue weighted by molar-refractivity contribution is 5.98. The van der Waals surface area contributed by atoms with E-state index in [1.54, 1.807) is 13.8 Å². The first-order valence-electron chi connectivity index (χ1n) is 24.5. The van der Waals surface area contributed by atoms with E-state index in [2.05, 4.69) is 42.2 Å². The van der Waals surface area contributed by atoms with E-state index in [4.69, 9.17) is 28.7 Å². The van der Waals surface area contributed by atoms with Gasteiger partial charge in [-0.2, -0.15) is 0 Å². The van der Waals surface area contributed by atoms with Crippen molar-refractivity contribution in [1.82, 2.24) is 42.1 Å². The lowest BCUT2D eigenvalue weighted by atomic mass is 9.99. The maximum atomic E-state index is 14.2. The first-order chi connectivity index (χ1) is 33.4. The molecule has 0 aromatic heterocycles. The van der Waals surface area contributed by atoms with E-state index in [1.165, 1.54) is 11.8 Å². The normalized spacial score (nSPS) is 16.3. The van der Waals surface area contributed by atoms with Crippen LogP contribution in [0, 0.1) is 11.8 Å². The lowest BCUT2D eigenvalue weighted by Gasteiger charge is -2.29. The Kier molecular flexibility index (Phi) is 29.6. The van der Waals surface area contributed by atoms with Crippen LogP contribution >= 0.6 is 0 Å². The highest BCUT2D eigenvalue weighted by Gasteiger charge is 2.37. The number of carboxylic acid groups (broad SMARTS) is 2. The Morgan fingerprint density at radius 3 is 1.41 bits per heavy atom. The van der Waals surface area contributed by atoms with E-state index >= 15 is 0 Å². The van der Waals surface area contributed by atoms with Crippen molar-refractivity contribution in [3.63, 3.8) is 0 Å². The molecule has 0 aromatic rings. The molecule has 8 amide bonds. The molecule has 0 saturated carbocycles. The molecule has 1 fully saturated rings. The molecule has 0 aliphatic carbocycles. The first-order valence-corrected chi connectivity index (χ1v) is 24.5. The lowest BCUT2D eigenvalue weighted by Crippen LogP contribution is -2.60. The number of carbonyl (C=O) groups is 10. The molecule has 0 unspecified atom stereocenters. The predicted molar refractivity (Wildman–Crippen MR) is 262 cm³/mol. The van der Waals surface area contributed by atoms with Gasteiger partial charge in [0.2, 0.25) is 47.3 Å². The van der Waals surface area contributed by atoms with Gasteiger partial charge < -0.3 is 81.0 Å². The number of hydrogen-bond acceptors (Lipinski definition) is 14. The number of nitrogens with one attached hydrogen (secondary N) is 7. The van der Waals surface area contributed by atoms with Crippen LogP contribution in [0.2, 0.25) is 0 Å². The van der Waals surface area contributed by atoms with Crippen molar-refractivity contribution in [3.8, 4) is 0 Å². The summed E-state index contributed by atoms with van der Waals surface area (Å²) in [6.45, 7) is 9.34. The number of nitrogens with two attached hydrogens (primary N) is 5. The van der Waals surface area contributed by atoms with Crippen LogP contribution in [0.3, 0.4) is 0 Å². The van der Waals surface area contributed by atoms with Crippen LogP contribution in [0.1, 0.15) is 125 Å². The van der Waals surface area contributed by atoms with Crippen LogP contribution in [-0.2, 0) is 47.9 Å². The molecule has 0 bridgehead atoms. The number of likely N-dealkylation sites (tertiary alicyclic amines) is 1. The van der Waals surface area contributed by atoms with Crippen molar-refractivity contribution in [1.29, 1.82) is 0 Å². The van der Waals surface area contributed by atoms with E-state index in [9.17, 15) is 58.2 Å². The van der Waals surface area contributed by atoms with Crippen molar-refractivity contribution < 1.29 is 58.2 Å². The Hall–Kier alpha value is -6.15. The fraction of sp³-hybridized carbons (Fsp3) is 0.756. The van der Waals surface area contributed by atoms with Crippen molar-refractivity contribution in [3.05, 3.63) is 0 Å². The van der Waals surface area contributed by atoms with Crippen LogP contribution in [0.25, 0.3) is 0 Å². The van der Waals surface area contributed by atoms with Gasteiger partial charge in [0, 0.05) is 19.5 Å². The van der Waals surface area contributed by atoms with Gasteiger partial charge in [0.15, 0.2) is 5.96 Å². The zero-order valence-corrected chi connectivity index (χ0v) is 42.0. The summed E-state index contributed by atoms with van der Waals surface area (Å²) in [5, 5.41) is 37.4. The molecule has 26 heteroatoms. The Labute approximate surface area is 415 Å². The number of aliphatic carboxylic acids is 2. The van der Waals surface area contributed by atoms with Crippen LogP contribution < -0.4 is 65.9 Å². The van der Waals surface area contributed by atoms with Gasteiger partial charge in [-0.25, -0.2) is 4.79 Å². The minimum Gasteiger partial charge on any atom is -0.481 e. The highest BCUT2D eigenvalue weighted by atomic mass is 16.4. The number of carboxylic acids is 2. The fourth-order valence-electron chi connectivity index (χ4n) is 7.72. The second kappa shape index (κ2) is 33.4. The monoisotopic (exact) mass is 1010 g/mol. The Bertz CT molecular complexity index is 1810. The number of guanidine groups is 1. The van der Waals surface area contributed by atoms with Gasteiger partial charge >= 0.3 is 11.9 Å². The summed E-state index contributed by atoms with van der Waals surface area (Å²) in [6.07, 6.45) is 2.00. The molecule has 26 nitrogen and oxygen atoms in total. The Morgan fingerprint density at radius 1 is 0.563 bits per heavy atom. The molecule has 404 valence electrons.